The van der Waals surface area contributed by atoms with Crippen molar-refractivity contribution in [2.45, 2.75) is 30.7 Å². The minimum atomic E-state index is -0.0879. The Hall–Kier alpha value is -1.89. The fraction of sp³-hybridized carbons (Fsp3) is 0.500. The molecule has 0 atom stereocenters. The zero-order valence-corrected chi connectivity index (χ0v) is 13.7. The molecule has 3 rings (SSSR count). The maximum atomic E-state index is 12.2. The van der Waals surface area contributed by atoms with Gasteiger partial charge in [0, 0.05) is 44.4 Å². The van der Waals surface area contributed by atoms with Crippen LogP contribution in [-0.4, -0.2) is 57.9 Å². The first kappa shape index (κ1) is 16.0. The van der Waals surface area contributed by atoms with Crippen LogP contribution in [0, 0.1) is 0 Å². The van der Waals surface area contributed by atoms with Crippen molar-refractivity contribution in [3.05, 3.63) is 23.9 Å². The third-order valence-corrected chi connectivity index (χ3v) is 5.02. The summed E-state index contributed by atoms with van der Waals surface area (Å²) in [6, 6.07) is 3.61. The molecule has 0 unspecified atom stereocenters. The molecular formula is C16H19N3O3S. The van der Waals surface area contributed by atoms with E-state index in [1.54, 1.807) is 12.3 Å². The van der Waals surface area contributed by atoms with E-state index in [1.165, 1.54) is 16.7 Å². The lowest BCUT2D eigenvalue weighted by Gasteiger charge is -2.15. The van der Waals surface area contributed by atoms with Gasteiger partial charge in [-0.1, -0.05) is 0 Å². The summed E-state index contributed by atoms with van der Waals surface area (Å²) in [6.45, 7) is 2.07. The van der Waals surface area contributed by atoms with E-state index in [0.29, 0.717) is 30.7 Å². The Balaban J connectivity index is 1.50. The molecular weight excluding hydrogens is 314 g/mol. The second kappa shape index (κ2) is 7.12. The van der Waals surface area contributed by atoms with Gasteiger partial charge in [-0.15, -0.1) is 11.8 Å². The molecule has 0 aliphatic carbocycles. The number of hydrogen-bond donors (Lipinski definition) is 0. The Labute approximate surface area is 139 Å². The van der Waals surface area contributed by atoms with E-state index in [9.17, 15) is 14.4 Å². The second-order valence-electron chi connectivity index (χ2n) is 5.67. The quantitative estimate of drug-likeness (QED) is 0.604. The van der Waals surface area contributed by atoms with Gasteiger partial charge in [0.25, 0.3) is 5.91 Å². The molecule has 2 aliphatic heterocycles. The molecule has 2 saturated heterocycles. The van der Waals surface area contributed by atoms with E-state index in [-0.39, 0.29) is 17.7 Å². The molecule has 2 aliphatic rings. The average Bonchev–Trinajstić information content (AvgIpc) is 3.20. The fourth-order valence-electron chi connectivity index (χ4n) is 2.81. The first-order chi connectivity index (χ1) is 11.1. The van der Waals surface area contributed by atoms with Crippen molar-refractivity contribution in [3.63, 3.8) is 0 Å². The molecule has 0 aromatic carbocycles. The van der Waals surface area contributed by atoms with Gasteiger partial charge in [0.15, 0.2) is 0 Å². The van der Waals surface area contributed by atoms with E-state index >= 15 is 0 Å². The van der Waals surface area contributed by atoms with Crippen molar-refractivity contribution in [1.29, 1.82) is 0 Å². The molecule has 2 fully saturated rings. The third-order valence-electron chi connectivity index (χ3n) is 4.10. The Morgan fingerprint density at radius 3 is 2.43 bits per heavy atom. The van der Waals surface area contributed by atoms with Gasteiger partial charge in [-0.05, 0) is 25.0 Å². The second-order valence-corrected chi connectivity index (χ2v) is 6.79. The molecule has 3 amide bonds. The molecule has 6 nitrogen and oxygen atoms in total. The lowest BCUT2D eigenvalue weighted by atomic mass is 10.2. The van der Waals surface area contributed by atoms with Crippen LogP contribution in [0.3, 0.4) is 0 Å². The number of thioether (sulfide) groups is 1. The Kier molecular flexibility index (Phi) is 4.95. The van der Waals surface area contributed by atoms with Gasteiger partial charge in [-0.25, -0.2) is 4.98 Å². The number of carbonyl (C=O) groups is 3. The Bertz CT molecular complexity index is 596. The maximum Gasteiger partial charge on any atom is 0.255 e. The normalized spacial score (nSPS) is 18.1. The van der Waals surface area contributed by atoms with Crippen molar-refractivity contribution in [3.8, 4) is 0 Å². The average molecular weight is 333 g/mol. The van der Waals surface area contributed by atoms with Crippen LogP contribution in [0.25, 0.3) is 0 Å². The summed E-state index contributed by atoms with van der Waals surface area (Å²) in [5.74, 6) is 0.481. The van der Waals surface area contributed by atoms with Gasteiger partial charge in [0.05, 0.1) is 10.6 Å². The molecule has 0 saturated carbocycles. The Morgan fingerprint density at radius 2 is 1.83 bits per heavy atom. The van der Waals surface area contributed by atoms with Crippen LogP contribution in [-0.2, 0) is 9.59 Å². The van der Waals surface area contributed by atoms with E-state index in [4.69, 9.17) is 0 Å². The molecule has 23 heavy (non-hydrogen) atoms. The van der Waals surface area contributed by atoms with Gasteiger partial charge < -0.3 is 4.90 Å². The highest BCUT2D eigenvalue weighted by Crippen LogP contribution is 2.19. The van der Waals surface area contributed by atoms with Crippen LogP contribution in [0.5, 0.6) is 0 Å². The van der Waals surface area contributed by atoms with Crippen LogP contribution < -0.4 is 0 Å². The first-order valence-corrected chi connectivity index (χ1v) is 8.85. The first-order valence-electron chi connectivity index (χ1n) is 7.86. The highest BCUT2D eigenvalue weighted by Gasteiger charge is 2.28. The van der Waals surface area contributed by atoms with Crippen LogP contribution in [0.15, 0.2) is 23.4 Å². The predicted molar refractivity (Wildman–Crippen MR) is 86.1 cm³/mol. The van der Waals surface area contributed by atoms with Crippen molar-refractivity contribution >= 4 is 29.5 Å². The summed E-state index contributed by atoms with van der Waals surface area (Å²) >= 11 is 1.48. The molecule has 0 spiro atoms. The predicted octanol–water partition coefficient (Wildman–Crippen LogP) is 1.56. The number of pyridine rings is 1. The third kappa shape index (κ3) is 3.72. The zero-order valence-electron chi connectivity index (χ0n) is 12.9. The molecule has 1 aromatic rings. The van der Waals surface area contributed by atoms with Crippen LogP contribution in [0.1, 0.15) is 36.0 Å². The smallest absolute Gasteiger partial charge is 0.255 e. The number of carbonyl (C=O) groups excluding carboxylic acids is 3. The minimum absolute atomic E-state index is 0.0415. The van der Waals surface area contributed by atoms with Crippen molar-refractivity contribution in [2.75, 3.05) is 25.4 Å². The number of likely N-dealkylation sites (tertiary alicyclic amines) is 2. The van der Waals surface area contributed by atoms with Crippen molar-refractivity contribution in [2.24, 2.45) is 0 Å². The molecule has 7 heteroatoms. The van der Waals surface area contributed by atoms with Crippen LogP contribution in [0.4, 0.5) is 0 Å². The molecule has 0 radical (unpaired) electrons. The summed E-state index contributed by atoms with van der Waals surface area (Å²) < 4.78 is 0. The van der Waals surface area contributed by atoms with Gasteiger partial charge in [-0.2, -0.15) is 0 Å². The molecule has 3 heterocycles. The van der Waals surface area contributed by atoms with E-state index in [0.717, 1.165) is 31.0 Å². The topological polar surface area (TPSA) is 70.6 Å². The lowest BCUT2D eigenvalue weighted by molar-refractivity contribution is -0.137. The van der Waals surface area contributed by atoms with E-state index in [1.807, 2.05) is 11.0 Å². The summed E-state index contributed by atoms with van der Waals surface area (Å²) in [6.07, 6.45) is 4.40. The Morgan fingerprint density at radius 1 is 1.13 bits per heavy atom. The standard InChI is InChI=1S/C16H19N3O3S/c20-14-5-6-15(21)19(14)9-10-23-13-4-3-12(11-17-13)16(22)18-7-1-2-8-18/h3-4,11H,1-2,5-10H2. The van der Waals surface area contributed by atoms with Crippen molar-refractivity contribution in [1.82, 2.24) is 14.8 Å². The van der Waals surface area contributed by atoms with E-state index in [2.05, 4.69) is 4.98 Å². The number of nitrogens with zero attached hydrogens (tertiary/aromatic N) is 3. The molecule has 122 valence electrons. The number of aromatic nitrogens is 1. The maximum absolute atomic E-state index is 12.2. The highest BCUT2D eigenvalue weighted by molar-refractivity contribution is 7.99. The van der Waals surface area contributed by atoms with Gasteiger partial charge in [-0.3, -0.25) is 19.3 Å². The number of rotatable bonds is 5. The van der Waals surface area contributed by atoms with Gasteiger partial charge >= 0.3 is 0 Å². The van der Waals surface area contributed by atoms with E-state index < -0.39 is 0 Å². The summed E-state index contributed by atoms with van der Waals surface area (Å²) in [7, 11) is 0. The summed E-state index contributed by atoms with van der Waals surface area (Å²) in [5.41, 5.74) is 0.612. The number of hydrogen-bond acceptors (Lipinski definition) is 5. The highest BCUT2D eigenvalue weighted by atomic mass is 32.2. The largest absolute Gasteiger partial charge is 0.339 e. The number of imide groups is 1. The fourth-order valence-corrected chi connectivity index (χ4v) is 3.58. The minimum Gasteiger partial charge on any atom is -0.339 e. The lowest BCUT2D eigenvalue weighted by Crippen LogP contribution is -2.31. The molecule has 1 aromatic heterocycles. The molecule has 0 bridgehead atoms. The summed E-state index contributed by atoms with van der Waals surface area (Å²) in [4.78, 5) is 42.7. The van der Waals surface area contributed by atoms with Crippen molar-refractivity contribution < 1.29 is 14.4 Å². The SMILES string of the molecule is O=C(c1ccc(SCCN2C(=O)CCC2=O)nc1)N1CCCC1. The number of amides is 3. The van der Waals surface area contributed by atoms with Crippen LogP contribution >= 0.6 is 11.8 Å². The van der Waals surface area contributed by atoms with Crippen LogP contribution in [0.2, 0.25) is 0 Å². The van der Waals surface area contributed by atoms with Gasteiger partial charge in [0.2, 0.25) is 11.8 Å². The molecule has 0 N–H and O–H groups in total. The monoisotopic (exact) mass is 333 g/mol. The zero-order chi connectivity index (χ0) is 16.2. The summed E-state index contributed by atoms with van der Waals surface area (Å²) in [5, 5.41) is 0.794. The van der Waals surface area contributed by atoms with Gasteiger partial charge in [0.1, 0.15) is 0 Å².